The van der Waals surface area contributed by atoms with Gasteiger partial charge in [-0.2, -0.15) is 0 Å². The summed E-state index contributed by atoms with van der Waals surface area (Å²) in [5.41, 5.74) is 0.213. The lowest BCUT2D eigenvalue weighted by Gasteiger charge is -2.63. The molecule has 202 valence electrons. The maximum Gasteiger partial charge on any atom is 0.346 e. The highest BCUT2D eigenvalue weighted by Gasteiger charge is 2.65. The molecule has 0 bridgehead atoms. The number of hydrogen-bond donors (Lipinski definition) is 3. The molecule has 4 fully saturated rings. The fourth-order valence-electron chi connectivity index (χ4n) is 9.85. The van der Waals surface area contributed by atoms with Gasteiger partial charge in [-0.1, -0.05) is 32.9 Å². The Labute approximate surface area is 219 Å². The minimum atomic E-state index is -0.389. The third kappa shape index (κ3) is 3.92. The molecule has 1 heterocycles. The van der Waals surface area contributed by atoms with Crippen molar-refractivity contribution in [2.75, 3.05) is 0 Å². The zero-order valence-corrected chi connectivity index (χ0v) is 22.5. The van der Waals surface area contributed by atoms with Crippen molar-refractivity contribution in [3.63, 3.8) is 0 Å². The van der Waals surface area contributed by atoms with Crippen LogP contribution in [0.15, 0.2) is 33.5 Å². The van der Waals surface area contributed by atoms with Gasteiger partial charge in [-0.15, -0.1) is 0 Å². The van der Waals surface area contributed by atoms with E-state index in [0.29, 0.717) is 52.8 Å². The van der Waals surface area contributed by atoms with Crippen molar-refractivity contribution in [3.8, 4) is 0 Å². The lowest BCUT2D eigenvalue weighted by Crippen LogP contribution is -2.62. The molecular weight excluding hydrogens is 466 g/mol. The summed E-state index contributed by atoms with van der Waals surface area (Å²) in [7, 11) is 0. The van der Waals surface area contributed by atoms with Gasteiger partial charge in [0.15, 0.2) is 5.89 Å². The lowest BCUT2D eigenvalue weighted by atomic mass is 9.43. The molecule has 4 aliphatic carbocycles. The zero-order chi connectivity index (χ0) is 26.1. The monoisotopic (exact) mass is 509 g/mol. The van der Waals surface area contributed by atoms with E-state index < -0.39 is 0 Å². The summed E-state index contributed by atoms with van der Waals surface area (Å²) in [6.07, 6.45) is 6.72. The fourth-order valence-corrected chi connectivity index (χ4v) is 9.85. The van der Waals surface area contributed by atoms with Gasteiger partial charge in [0.2, 0.25) is 0 Å². The van der Waals surface area contributed by atoms with Gasteiger partial charge in [0.25, 0.3) is 0 Å². The van der Waals surface area contributed by atoms with Crippen LogP contribution in [0.25, 0.3) is 10.9 Å². The van der Waals surface area contributed by atoms with E-state index in [-0.39, 0.29) is 40.7 Å². The summed E-state index contributed by atoms with van der Waals surface area (Å²) in [6, 6.07) is 7.30. The van der Waals surface area contributed by atoms with Gasteiger partial charge < -0.3 is 19.7 Å². The summed E-state index contributed by atoms with van der Waals surface area (Å²) < 4.78 is 5.54. The van der Waals surface area contributed by atoms with Crippen LogP contribution in [-0.2, 0) is 6.42 Å². The van der Waals surface area contributed by atoms with Crippen LogP contribution in [0.2, 0.25) is 0 Å². The zero-order valence-electron chi connectivity index (χ0n) is 22.5. The van der Waals surface area contributed by atoms with Crippen molar-refractivity contribution in [2.24, 2.45) is 46.3 Å². The van der Waals surface area contributed by atoms with Crippen molar-refractivity contribution >= 4 is 10.9 Å². The molecule has 6 heteroatoms. The molecule has 4 aliphatic rings. The summed E-state index contributed by atoms with van der Waals surface area (Å²) >= 11 is 0. The minimum Gasteiger partial charge on any atom is -0.408 e. The van der Waals surface area contributed by atoms with E-state index in [4.69, 9.17) is 4.42 Å². The molecule has 6 rings (SSSR count). The number of aromatic nitrogens is 1. The Balaban J connectivity index is 1.21. The van der Waals surface area contributed by atoms with Crippen molar-refractivity contribution in [1.29, 1.82) is 0 Å². The molecule has 0 radical (unpaired) electrons. The average molecular weight is 510 g/mol. The number of aliphatic hydroxyl groups excluding tert-OH is 3. The highest BCUT2D eigenvalue weighted by atomic mass is 16.4. The van der Waals surface area contributed by atoms with Crippen molar-refractivity contribution in [1.82, 2.24) is 4.98 Å². The summed E-state index contributed by atoms with van der Waals surface area (Å²) in [4.78, 5) is 17.0. The normalized spacial score (nSPS) is 44.2. The standard InChI is InChI=1S/C31H43NO5/c1-17(8-11-27-32-24-7-5-4-6-20(24)29(36)37-27)21-9-10-22-28-23(16-26(35)31(21,22)3)30(2)13-12-19(33)14-18(30)15-25(28)34/h4-7,17-19,21-23,25-26,28,33-35H,8-16H2,1-3H3/t17-,18+,19-,21-,22+,23?,25-,26+,28+,30+,31-/m1/s1. The van der Waals surface area contributed by atoms with E-state index in [2.05, 4.69) is 25.8 Å². The first kappa shape index (κ1) is 25.5. The number of nitrogens with zero attached hydrogens (tertiary/aromatic N) is 1. The Morgan fingerprint density at radius 1 is 1.05 bits per heavy atom. The molecule has 2 aromatic rings. The van der Waals surface area contributed by atoms with Crippen molar-refractivity contribution in [3.05, 3.63) is 40.6 Å². The molecule has 0 spiro atoms. The molecule has 37 heavy (non-hydrogen) atoms. The minimum absolute atomic E-state index is 0.0917. The first-order valence-corrected chi connectivity index (χ1v) is 14.6. The number of benzene rings is 1. The lowest BCUT2D eigenvalue weighted by molar-refractivity contribution is -0.207. The third-order valence-corrected chi connectivity index (χ3v) is 11.9. The molecule has 4 saturated carbocycles. The summed E-state index contributed by atoms with van der Waals surface area (Å²) in [5.74, 6) is 2.37. The molecule has 3 N–H and O–H groups in total. The second-order valence-electron chi connectivity index (χ2n) is 13.5. The first-order chi connectivity index (χ1) is 17.6. The Morgan fingerprint density at radius 2 is 1.84 bits per heavy atom. The molecule has 11 atom stereocenters. The van der Waals surface area contributed by atoms with Crippen LogP contribution in [0.4, 0.5) is 0 Å². The van der Waals surface area contributed by atoms with Gasteiger partial charge in [-0.3, -0.25) is 0 Å². The second-order valence-corrected chi connectivity index (χ2v) is 13.5. The smallest absolute Gasteiger partial charge is 0.346 e. The van der Waals surface area contributed by atoms with Gasteiger partial charge in [0.05, 0.1) is 29.2 Å². The predicted molar refractivity (Wildman–Crippen MR) is 142 cm³/mol. The highest BCUT2D eigenvalue weighted by molar-refractivity contribution is 5.76. The average Bonchev–Trinajstić information content (AvgIpc) is 3.23. The van der Waals surface area contributed by atoms with Gasteiger partial charge in [0, 0.05) is 6.42 Å². The Bertz CT molecular complexity index is 1210. The van der Waals surface area contributed by atoms with Gasteiger partial charge in [0.1, 0.15) is 0 Å². The largest absolute Gasteiger partial charge is 0.408 e. The Morgan fingerprint density at radius 3 is 2.65 bits per heavy atom. The number of aliphatic hydroxyl groups is 3. The molecule has 0 saturated heterocycles. The van der Waals surface area contributed by atoms with E-state index in [1.807, 2.05) is 18.2 Å². The van der Waals surface area contributed by atoms with Crippen molar-refractivity contribution in [2.45, 2.75) is 96.9 Å². The SMILES string of the molecule is C[C@H](CCc1nc2ccccc2c(=O)o1)[C@H]1CC[C@H]2[C@H]3C(C[C@H](O)[C@]12C)[C@@]1(C)CC[C@@H](O)C[C@H]1C[C@H]3O. The predicted octanol–water partition coefficient (Wildman–Crippen LogP) is 4.72. The van der Waals surface area contributed by atoms with E-state index in [9.17, 15) is 20.1 Å². The molecule has 1 unspecified atom stereocenters. The number of hydrogen-bond acceptors (Lipinski definition) is 6. The maximum absolute atomic E-state index is 12.4. The van der Waals surface area contributed by atoms with Crippen LogP contribution in [-0.4, -0.2) is 38.6 Å². The molecule has 1 aromatic heterocycles. The molecule has 6 nitrogen and oxygen atoms in total. The fraction of sp³-hybridized carbons (Fsp3) is 0.742. The topological polar surface area (TPSA) is 104 Å². The molecule has 0 amide bonds. The maximum atomic E-state index is 12.4. The van der Waals surface area contributed by atoms with Crippen LogP contribution >= 0.6 is 0 Å². The Hall–Kier alpha value is -1.76. The number of para-hydroxylation sites is 1. The van der Waals surface area contributed by atoms with Crippen LogP contribution in [0.5, 0.6) is 0 Å². The van der Waals surface area contributed by atoms with Crippen LogP contribution in [0.1, 0.15) is 78.0 Å². The van der Waals surface area contributed by atoms with Gasteiger partial charge >= 0.3 is 5.63 Å². The van der Waals surface area contributed by atoms with E-state index in [0.717, 1.165) is 51.4 Å². The van der Waals surface area contributed by atoms with Crippen LogP contribution < -0.4 is 5.63 Å². The van der Waals surface area contributed by atoms with E-state index in [1.54, 1.807) is 6.07 Å². The third-order valence-electron chi connectivity index (χ3n) is 11.9. The highest BCUT2D eigenvalue weighted by Crippen LogP contribution is 2.68. The summed E-state index contributed by atoms with van der Waals surface area (Å²) in [5, 5.41) is 34.1. The number of rotatable bonds is 4. The first-order valence-electron chi connectivity index (χ1n) is 14.6. The van der Waals surface area contributed by atoms with E-state index >= 15 is 0 Å². The van der Waals surface area contributed by atoms with Gasteiger partial charge in [-0.05, 0) is 110 Å². The van der Waals surface area contributed by atoms with Crippen molar-refractivity contribution < 1.29 is 19.7 Å². The van der Waals surface area contributed by atoms with E-state index in [1.165, 1.54) is 0 Å². The quantitative estimate of drug-likeness (QED) is 0.551. The summed E-state index contributed by atoms with van der Waals surface area (Å²) in [6.45, 7) is 6.93. The number of aryl methyl sites for hydroxylation is 1. The molecular formula is C31H43NO5. The molecule has 1 aromatic carbocycles. The van der Waals surface area contributed by atoms with Crippen LogP contribution in [0.3, 0.4) is 0 Å². The number of fused-ring (bicyclic) bond motifs is 6. The Kier molecular flexibility index (Phi) is 6.32. The van der Waals surface area contributed by atoms with Crippen LogP contribution in [0, 0.1) is 46.3 Å². The second kappa shape index (κ2) is 9.17. The van der Waals surface area contributed by atoms with Gasteiger partial charge in [-0.25, -0.2) is 9.78 Å². The molecule has 0 aliphatic heterocycles.